The van der Waals surface area contributed by atoms with E-state index in [-0.39, 0.29) is 0 Å². The second kappa shape index (κ2) is 7.98. The average Bonchev–Trinajstić information content (AvgIpc) is 3.31. The first-order chi connectivity index (χ1) is 12.8. The van der Waals surface area contributed by atoms with Gasteiger partial charge in [0.1, 0.15) is 0 Å². The number of benzene rings is 2. The molecule has 9 heteroatoms. The van der Waals surface area contributed by atoms with Crippen LogP contribution in [0.25, 0.3) is 11.5 Å². The second-order valence-corrected chi connectivity index (χ2v) is 8.19. The summed E-state index contributed by atoms with van der Waals surface area (Å²) in [6, 6.07) is 17.6. The predicted octanol–water partition coefficient (Wildman–Crippen LogP) is 5.39. The third kappa shape index (κ3) is 4.12. The molecule has 0 aliphatic carbocycles. The highest BCUT2D eigenvalue weighted by Gasteiger charge is 2.13. The van der Waals surface area contributed by atoms with Crippen molar-refractivity contribution >= 4 is 49.8 Å². The number of para-hydroxylation sites is 1. The van der Waals surface area contributed by atoms with Crippen LogP contribution in [-0.4, -0.2) is 20.4 Å². The molecule has 2 aromatic heterocycles. The van der Waals surface area contributed by atoms with Crippen LogP contribution in [0.5, 0.6) is 0 Å². The number of anilines is 2. The summed E-state index contributed by atoms with van der Waals surface area (Å²) < 4.78 is 7.50. The van der Waals surface area contributed by atoms with E-state index in [1.54, 1.807) is 0 Å². The minimum absolute atomic E-state index is 0.497. The van der Waals surface area contributed by atoms with Crippen molar-refractivity contribution in [1.82, 2.24) is 20.4 Å². The van der Waals surface area contributed by atoms with Crippen LogP contribution in [0.1, 0.15) is 5.89 Å². The molecule has 4 aromatic rings. The number of halogens is 1. The number of nitrogens with zero attached hydrogens (tertiary/aromatic N) is 4. The van der Waals surface area contributed by atoms with E-state index in [4.69, 9.17) is 4.42 Å². The molecular formula is C17H12BrN5OS2. The van der Waals surface area contributed by atoms with Crippen molar-refractivity contribution in [3.8, 4) is 11.5 Å². The summed E-state index contributed by atoms with van der Waals surface area (Å²) in [4.78, 5) is 0. The monoisotopic (exact) mass is 445 g/mol. The maximum absolute atomic E-state index is 5.74. The Labute approximate surface area is 166 Å². The Kier molecular flexibility index (Phi) is 5.28. The average molecular weight is 446 g/mol. The van der Waals surface area contributed by atoms with Gasteiger partial charge in [-0.1, -0.05) is 53.4 Å². The van der Waals surface area contributed by atoms with Gasteiger partial charge in [-0.25, -0.2) is 0 Å². The third-order valence-corrected chi connectivity index (χ3v) is 5.97. The van der Waals surface area contributed by atoms with Gasteiger partial charge in [0, 0.05) is 10.2 Å². The minimum atomic E-state index is 0.497. The number of rotatable bonds is 6. The fraction of sp³-hybridized carbons (Fsp3) is 0.0588. The lowest BCUT2D eigenvalue weighted by Crippen LogP contribution is -1.87. The van der Waals surface area contributed by atoms with Crippen molar-refractivity contribution in [2.45, 2.75) is 10.1 Å². The quantitative estimate of drug-likeness (QED) is 0.398. The van der Waals surface area contributed by atoms with E-state index in [1.165, 1.54) is 23.1 Å². The van der Waals surface area contributed by atoms with Gasteiger partial charge >= 0.3 is 0 Å². The van der Waals surface area contributed by atoms with Crippen LogP contribution in [0.2, 0.25) is 0 Å². The van der Waals surface area contributed by atoms with E-state index >= 15 is 0 Å². The molecule has 130 valence electrons. The minimum Gasteiger partial charge on any atom is -0.420 e. The van der Waals surface area contributed by atoms with Crippen LogP contribution in [-0.2, 0) is 5.75 Å². The molecular weight excluding hydrogens is 434 g/mol. The highest BCUT2D eigenvalue weighted by molar-refractivity contribution is 9.10. The van der Waals surface area contributed by atoms with Crippen LogP contribution in [0.4, 0.5) is 10.8 Å². The Morgan fingerprint density at radius 2 is 1.77 bits per heavy atom. The molecule has 2 heterocycles. The lowest BCUT2D eigenvalue weighted by molar-refractivity contribution is 0.528. The molecule has 0 amide bonds. The summed E-state index contributed by atoms with van der Waals surface area (Å²) in [7, 11) is 0. The van der Waals surface area contributed by atoms with Gasteiger partial charge in [0.2, 0.25) is 16.9 Å². The van der Waals surface area contributed by atoms with E-state index < -0.39 is 0 Å². The van der Waals surface area contributed by atoms with Crippen molar-refractivity contribution < 1.29 is 4.42 Å². The normalized spacial score (nSPS) is 10.8. The first kappa shape index (κ1) is 17.2. The molecule has 0 aliphatic rings. The van der Waals surface area contributed by atoms with E-state index in [9.17, 15) is 0 Å². The maximum Gasteiger partial charge on any atom is 0.248 e. The standard InChI is InChI=1S/C17H12BrN5OS2/c18-13-9-5-4-8-12(13)15-21-20-14(24-15)10-25-17-23-22-16(26-17)19-11-6-2-1-3-7-11/h1-9H,10H2,(H,19,22). The second-order valence-electron chi connectivity index (χ2n) is 5.13. The number of aromatic nitrogens is 4. The molecule has 0 atom stereocenters. The molecule has 0 bridgehead atoms. The van der Waals surface area contributed by atoms with Gasteiger partial charge in [0.25, 0.3) is 0 Å². The fourth-order valence-corrected chi connectivity index (χ4v) is 4.21. The molecule has 2 aromatic carbocycles. The van der Waals surface area contributed by atoms with Crippen LogP contribution in [0, 0.1) is 0 Å². The first-order valence-electron chi connectivity index (χ1n) is 7.63. The zero-order chi connectivity index (χ0) is 17.8. The number of hydrogen-bond donors (Lipinski definition) is 1. The van der Waals surface area contributed by atoms with Crippen LogP contribution >= 0.6 is 39.0 Å². The fourth-order valence-electron chi connectivity index (χ4n) is 2.14. The van der Waals surface area contributed by atoms with Crippen LogP contribution in [0.15, 0.2) is 67.8 Å². The van der Waals surface area contributed by atoms with Crippen molar-refractivity contribution in [3.63, 3.8) is 0 Å². The Balaban J connectivity index is 1.39. The Hall–Kier alpha value is -2.23. The molecule has 6 nitrogen and oxygen atoms in total. The molecule has 26 heavy (non-hydrogen) atoms. The molecule has 0 saturated carbocycles. The summed E-state index contributed by atoms with van der Waals surface area (Å²) in [6.07, 6.45) is 0. The van der Waals surface area contributed by atoms with Gasteiger partial charge in [0.05, 0.1) is 11.3 Å². The van der Waals surface area contributed by atoms with E-state index in [2.05, 4.69) is 41.6 Å². The predicted molar refractivity (Wildman–Crippen MR) is 107 cm³/mol. The third-order valence-electron chi connectivity index (χ3n) is 3.32. The van der Waals surface area contributed by atoms with Gasteiger partial charge in [-0.15, -0.1) is 20.4 Å². The van der Waals surface area contributed by atoms with Crippen molar-refractivity contribution in [2.24, 2.45) is 0 Å². The highest BCUT2D eigenvalue weighted by Crippen LogP contribution is 2.31. The summed E-state index contributed by atoms with van der Waals surface area (Å²) in [6.45, 7) is 0. The SMILES string of the molecule is Brc1ccccc1-c1nnc(CSc2nnc(Nc3ccccc3)s2)o1. The Bertz CT molecular complexity index is 1010. The highest BCUT2D eigenvalue weighted by atomic mass is 79.9. The van der Waals surface area contributed by atoms with Gasteiger partial charge in [-0.3, -0.25) is 0 Å². The molecule has 0 fully saturated rings. The molecule has 0 unspecified atom stereocenters. The van der Waals surface area contributed by atoms with Crippen LogP contribution in [0.3, 0.4) is 0 Å². The Morgan fingerprint density at radius 1 is 0.962 bits per heavy atom. The van der Waals surface area contributed by atoms with E-state index in [0.29, 0.717) is 17.5 Å². The van der Waals surface area contributed by atoms with E-state index in [0.717, 1.165) is 25.2 Å². The molecule has 0 aliphatic heterocycles. The Morgan fingerprint density at radius 3 is 2.62 bits per heavy atom. The zero-order valence-corrected chi connectivity index (χ0v) is 16.5. The molecule has 4 rings (SSSR count). The lowest BCUT2D eigenvalue weighted by atomic mass is 10.2. The summed E-state index contributed by atoms with van der Waals surface area (Å²) in [5.41, 5.74) is 1.86. The van der Waals surface area contributed by atoms with Gasteiger partial charge in [-0.2, -0.15) is 0 Å². The number of thioether (sulfide) groups is 1. The number of hydrogen-bond acceptors (Lipinski definition) is 8. The van der Waals surface area contributed by atoms with E-state index in [1.807, 2.05) is 54.6 Å². The molecule has 0 radical (unpaired) electrons. The summed E-state index contributed by atoms with van der Waals surface area (Å²) in [5.74, 6) is 1.59. The van der Waals surface area contributed by atoms with Crippen molar-refractivity contribution in [3.05, 3.63) is 65.0 Å². The largest absolute Gasteiger partial charge is 0.420 e. The molecule has 1 N–H and O–H groups in total. The van der Waals surface area contributed by atoms with Gasteiger partial charge in [0.15, 0.2) is 4.34 Å². The molecule has 0 spiro atoms. The lowest BCUT2D eigenvalue weighted by Gasteiger charge is -1.99. The van der Waals surface area contributed by atoms with Crippen molar-refractivity contribution in [2.75, 3.05) is 5.32 Å². The smallest absolute Gasteiger partial charge is 0.248 e. The van der Waals surface area contributed by atoms with Gasteiger partial charge < -0.3 is 9.73 Å². The molecule has 0 saturated heterocycles. The van der Waals surface area contributed by atoms with Crippen LogP contribution < -0.4 is 5.32 Å². The summed E-state index contributed by atoms with van der Waals surface area (Å²) >= 11 is 6.49. The topological polar surface area (TPSA) is 76.7 Å². The van der Waals surface area contributed by atoms with Crippen molar-refractivity contribution in [1.29, 1.82) is 0 Å². The van der Waals surface area contributed by atoms with Gasteiger partial charge in [-0.05, 0) is 40.2 Å². The zero-order valence-electron chi connectivity index (χ0n) is 13.3. The maximum atomic E-state index is 5.74. The first-order valence-corrected chi connectivity index (χ1v) is 10.2. The summed E-state index contributed by atoms with van der Waals surface area (Å²) in [5, 5.41) is 20.5. The number of nitrogens with one attached hydrogen (secondary N) is 1.